The van der Waals surface area contributed by atoms with Crippen LogP contribution in [0.25, 0.3) is 56.0 Å². The third kappa shape index (κ3) is 5.12. The molecule has 47 heavy (non-hydrogen) atoms. The van der Waals surface area contributed by atoms with Gasteiger partial charge in [0.2, 0.25) is 5.82 Å². The van der Waals surface area contributed by atoms with E-state index in [2.05, 4.69) is 10.3 Å². The molecule has 6 aromatic rings. The molecule has 12 heteroatoms. The van der Waals surface area contributed by atoms with Crippen LogP contribution in [0.2, 0.25) is 0 Å². The highest BCUT2D eigenvalue weighted by atomic mass is 19.1. The number of carboxylic acids is 1. The van der Waals surface area contributed by atoms with Gasteiger partial charge in [0.25, 0.3) is 5.89 Å². The number of aryl methyl sites for hydroxylation is 3. The van der Waals surface area contributed by atoms with E-state index in [1.165, 1.54) is 6.07 Å². The number of carbonyl (C=O) groups is 1. The van der Waals surface area contributed by atoms with Crippen molar-refractivity contribution in [1.82, 2.24) is 29.5 Å². The van der Waals surface area contributed by atoms with Crippen LogP contribution in [-0.2, 0) is 30.0 Å². The van der Waals surface area contributed by atoms with E-state index in [0.717, 1.165) is 34.0 Å². The second-order valence-electron chi connectivity index (χ2n) is 13.0. The molecular weight excluding hydrogens is 603 g/mol. The van der Waals surface area contributed by atoms with Gasteiger partial charge in [-0.2, -0.15) is 10.1 Å². The molecule has 0 saturated carbocycles. The van der Waals surface area contributed by atoms with Gasteiger partial charge in [0.05, 0.1) is 23.9 Å². The summed E-state index contributed by atoms with van der Waals surface area (Å²) in [5.41, 5.74) is 5.51. The molecule has 1 aliphatic heterocycles. The Morgan fingerprint density at radius 2 is 1.91 bits per heavy atom. The molecule has 2 aromatic carbocycles. The number of halogens is 1. The molecule has 1 N–H and O–H groups in total. The largest absolute Gasteiger partial charge is 0.490 e. The number of benzene rings is 2. The first kappa shape index (κ1) is 30.5. The molecule has 7 rings (SSSR count). The Hall–Kier alpha value is -5.10. The first-order valence-electron chi connectivity index (χ1n) is 15.4. The number of fused-ring (bicyclic) bond motifs is 3. The van der Waals surface area contributed by atoms with E-state index >= 15 is 4.39 Å². The maximum Gasteiger partial charge on any atom is 0.337 e. The molecule has 1 aliphatic rings. The summed E-state index contributed by atoms with van der Waals surface area (Å²) >= 11 is 0. The van der Waals surface area contributed by atoms with Gasteiger partial charge < -0.3 is 23.7 Å². The van der Waals surface area contributed by atoms with E-state index in [0.29, 0.717) is 58.0 Å². The number of carboxylic acid groups (broad SMARTS) is 1. The highest BCUT2D eigenvalue weighted by molar-refractivity contribution is 6.01. The number of hydrogen-bond acceptors (Lipinski definition) is 8. The summed E-state index contributed by atoms with van der Waals surface area (Å²) in [5.74, 6) is -0.773. The lowest BCUT2D eigenvalue weighted by Gasteiger charge is -2.29. The number of hydrogen-bond donors (Lipinski definition) is 1. The van der Waals surface area contributed by atoms with Crippen molar-refractivity contribution in [3.05, 3.63) is 64.7 Å². The summed E-state index contributed by atoms with van der Waals surface area (Å²) in [4.78, 5) is 22.5. The SMILES string of the molecule is Cc1nc2c(cc(-c3nc(-c4ccc5c(cnn5C)c4)no3)n2C)c(-c2cc(F)c3c(c2C)CCCO3)c1[C@H](OC(C)(C)C)C(=O)O. The van der Waals surface area contributed by atoms with Gasteiger partial charge in [-0.1, -0.05) is 5.16 Å². The number of rotatable bonds is 6. The van der Waals surface area contributed by atoms with Crippen LogP contribution >= 0.6 is 0 Å². The predicted octanol–water partition coefficient (Wildman–Crippen LogP) is 6.87. The molecule has 0 bridgehead atoms. The molecule has 5 heterocycles. The molecule has 0 spiro atoms. The van der Waals surface area contributed by atoms with E-state index < -0.39 is 23.5 Å². The van der Waals surface area contributed by atoms with E-state index in [1.54, 1.807) is 38.6 Å². The fourth-order valence-corrected chi connectivity index (χ4v) is 6.52. The quantitative estimate of drug-likeness (QED) is 0.208. The van der Waals surface area contributed by atoms with E-state index in [-0.39, 0.29) is 11.6 Å². The van der Waals surface area contributed by atoms with Gasteiger partial charge in [0.15, 0.2) is 17.7 Å². The zero-order valence-electron chi connectivity index (χ0n) is 27.3. The van der Waals surface area contributed by atoms with Gasteiger partial charge in [-0.3, -0.25) is 4.68 Å². The number of pyridine rings is 1. The predicted molar refractivity (Wildman–Crippen MR) is 174 cm³/mol. The maximum atomic E-state index is 15.7. The Morgan fingerprint density at radius 3 is 2.66 bits per heavy atom. The highest BCUT2D eigenvalue weighted by Crippen LogP contribution is 2.45. The summed E-state index contributed by atoms with van der Waals surface area (Å²) < 4.78 is 37.0. The lowest BCUT2D eigenvalue weighted by molar-refractivity contribution is -0.160. The first-order valence-corrected chi connectivity index (χ1v) is 15.4. The van der Waals surface area contributed by atoms with Crippen LogP contribution in [0.1, 0.15) is 55.7 Å². The fraction of sp³-hybridized carbons (Fsp3) is 0.343. The summed E-state index contributed by atoms with van der Waals surface area (Å²) in [5, 5.41) is 20.6. The van der Waals surface area contributed by atoms with Crippen molar-refractivity contribution in [2.75, 3.05) is 6.61 Å². The number of ether oxygens (including phenoxy) is 2. The van der Waals surface area contributed by atoms with Crippen LogP contribution in [0.5, 0.6) is 5.75 Å². The van der Waals surface area contributed by atoms with Gasteiger partial charge in [-0.05, 0) is 88.9 Å². The smallest absolute Gasteiger partial charge is 0.337 e. The Balaban J connectivity index is 1.46. The van der Waals surface area contributed by atoms with Crippen molar-refractivity contribution in [2.24, 2.45) is 14.1 Å². The number of aliphatic carboxylic acids is 1. The molecule has 0 unspecified atom stereocenters. The van der Waals surface area contributed by atoms with Crippen LogP contribution in [0.4, 0.5) is 4.39 Å². The van der Waals surface area contributed by atoms with Crippen LogP contribution in [0.15, 0.2) is 41.1 Å². The van der Waals surface area contributed by atoms with E-state index in [9.17, 15) is 9.90 Å². The minimum absolute atomic E-state index is 0.249. The van der Waals surface area contributed by atoms with Crippen molar-refractivity contribution in [2.45, 2.75) is 59.2 Å². The highest BCUT2D eigenvalue weighted by Gasteiger charge is 2.35. The Bertz CT molecular complexity index is 2220. The fourth-order valence-electron chi connectivity index (χ4n) is 6.52. The molecule has 0 saturated heterocycles. The Morgan fingerprint density at radius 1 is 1.13 bits per heavy atom. The van der Waals surface area contributed by atoms with Crippen molar-refractivity contribution < 1.29 is 28.3 Å². The van der Waals surface area contributed by atoms with Crippen LogP contribution < -0.4 is 4.74 Å². The topological polar surface area (TPSA) is 130 Å². The standard InChI is InChI=1S/C35H35FN6O5/c1-17-21-9-8-12-45-29(21)24(36)14-22(17)28-23-15-26(33-39-31(40-47-33)19-10-11-25-20(13-19)16-37-42(25)7)41(6)32(23)38-18(2)27(28)30(34(43)44)46-35(3,4)5/h10-11,13-16,30H,8-9,12H2,1-7H3,(H,43,44)/t30-/m0/s1. The molecule has 1 atom stereocenters. The molecule has 242 valence electrons. The van der Waals surface area contributed by atoms with E-state index in [4.69, 9.17) is 24.0 Å². The van der Waals surface area contributed by atoms with Crippen molar-refractivity contribution >= 4 is 27.9 Å². The van der Waals surface area contributed by atoms with Crippen molar-refractivity contribution in [3.8, 4) is 39.8 Å². The minimum Gasteiger partial charge on any atom is -0.490 e. The molecule has 0 amide bonds. The summed E-state index contributed by atoms with van der Waals surface area (Å²) in [6.07, 6.45) is 1.80. The monoisotopic (exact) mass is 638 g/mol. The summed E-state index contributed by atoms with van der Waals surface area (Å²) in [6.45, 7) is 9.50. The minimum atomic E-state index is -1.38. The zero-order valence-corrected chi connectivity index (χ0v) is 27.3. The molecule has 0 radical (unpaired) electrons. The van der Waals surface area contributed by atoms with Crippen molar-refractivity contribution in [1.29, 1.82) is 0 Å². The number of aromatic nitrogens is 6. The molecule has 11 nitrogen and oxygen atoms in total. The average molecular weight is 639 g/mol. The second kappa shape index (κ2) is 11.0. The Labute approximate surface area is 269 Å². The Kier molecular flexibility index (Phi) is 7.16. The van der Waals surface area contributed by atoms with Crippen LogP contribution in [0, 0.1) is 19.7 Å². The van der Waals surface area contributed by atoms with Gasteiger partial charge >= 0.3 is 5.97 Å². The third-order valence-corrected chi connectivity index (χ3v) is 8.72. The van der Waals surface area contributed by atoms with Gasteiger partial charge in [-0.15, -0.1) is 0 Å². The van der Waals surface area contributed by atoms with Gasteiger partial charge in [0.1, 0.15) is 11.3 Å². The van der Waals surface area contributed by atoms with Gasteiger partial charge in [-0.25, -0.2) is 14.2 Å². The summed E-state index contributed by atoms with van der Waals surface area (Å²) in [7, 11) is 3.71. The van der Waals surface area contributed by atoms with Crippen LogP contribution in [0.3, 0.4) is 0 Å². The van der Waals surface area contributed by atoms with Crippen molar-refractivity contribution in [3.63, 3.8) is 0 Å². The normalized spacial score (nSPS) is 14.0. The second-order valence-corrected chi connectivity index (χ2v) is 13.0. The maximum absolute atomic E-state index is 15.7. The number of nitrogens with zero attached hydrogens (tertiary/aromatic N) is 6. The third-order valence-electron chi connectivity index (χ3n) is 8.72. The first-order chi connectivity index (χ1) is 22.3. The zero-order chi connectivity index (χ0) is 33.4. The van der Waals surface area contributed by atoms with E-state index in [1.807, 2.05) is 49.9 Å². The average Bonchev–Trinajstić information content (AvgIpc) is 3.74. The molecule has 4 aromatic heterocycles. The van der Waals surface area contributed by atoms with Crippen LogP contribution in [-0.4, -0.2) is 52.8 Å². The summed E-state index contributed by atoms with van der Waals surface area (Å²) in [6, 6.07) is 9.08. The molecule has 0 fully saturated rings. The van der Waals surface area contributed by atoms with Gasteiger partial charge in [0, 0.05) is 52.8 Å². The lowest BCUT2D eigenvalue weighted by Crippen LogP contribution is -2.28. The lowest BCUT2D eigenvalue weighted by atomic mass is 9.86. The molecular formula is C35H35FN6O5. The molecule has 0 aliphatic carbocycles.